The van der Waals surface area contributed by atoms with Crippen molar-refractivity contribution in [3.05, 3.63) is 65.7 Å². The summed E-state index contributed by atoms with van der Waals surface area (Å²) < 4.78 is 12.4. The van der Waals surface area contributed by atoms with E-state index in [1.165, 1.54) is 75.3 Å². The molecule has 2 aromatic carbocycles. The van der Waals surface area contributed by atoms with Gasteiger partial charge < -0.3 is 14.0 Å². The van der Waals surface area contributed by atoms with Gasteiger partial charge in [0.15, 0.2) is 0 Å². The molecule has 0 N–H and O–H groups in total. The lowest BCUT2D eigenvalue weighted by atomic mass is 10.0. The molecule has 0 saturated carbocycles. The fourth-order valence-electron chi connectivity index (χ4n) is 5.17. The number of esters is 1. The number of quaternary nitrogens is 1. The summed E-state index contributed by atoms with van der Waals surface area (Å²) >= 11 is 0. The minimum absolute atomic E-state index is 0.114. The third kappa shape index (κ3) is 13.5. The molecule has 4 heteroatoms. The van der Waals surface area contributed by atoms with Gasteiger partial charge in [-0.25, -0.2) is 0 Å². The van der Waals surface area contributed by atoms with Crippen LogP contribution < -0.4 is 4.74 Å². The van der Waals surface area contributed by atoms with Crippen LogP contribution >= 0.6 is 0 Å². The van der Waals surface area contributed by atoms with Crippen molar-refractivity contribution in [2.24, 2.45) is 5.92 Å². The number of hydrogen-bond acceptors (Lipinski definition) is 3. The summed E-state index contributed by atoms with van der Waals surface area (Å²) in [7, 11) is 4.36. The van der Waals surface area contributed by atoms with Crippen LogP contribution in [0.3, 0.4) is 0 Å². The van der Waals surface area contributed by atoms with Gasteiger partial charge in [-0.2, -0.15) is 0 Å². The maximum Gasteiger partial charge on any atom is 0.314 e. The second-order valence-electron chi connectivity index (χ2n) is 11.4. The van der Waals surface area contributed by atoms with Crippen LogP contribution in [0, 0.1) is 5.92 Å². The number of rotatable bonds is 21. The van der Waals surface area contributed by atoms with E-state index in [0.717, 1.165) is 36.2 Å². The number of ether oxygens (including phenoxy) is 2. The van der Waals surface area contributed by atoms with Crippen LogP contribution in [-0.2, 0) is 22.5 Å². The number of aryl methyl sites for hydroxylation is 1. The van der Waals surface area contributed by atoms with Gasteiger partial charge in [0.25, 0.3) is 0 Å². The van der Waals surface area contributed by atoms with Gasteiger partial charge >= 0.3 is 5.97 Å². The first-order chi connectivity index (χ1) is 18.4. The average Bonchev–Trinajstić information content (AvgIpc) is 2.91. The van der Waals surface area contributed by atoms with Crippen molar-refractivity contribution in [3.8, 4) is 5.75 Å². The van der Waals surface area contributed by atoms with Crippen LogP contribution in [0.15, 0.2) is 54.6 Å². The summed E-state index contributed by atoms with van der Waals surface area (Å²) in [6, 6.07) is 18.8. The molecule has 0 bridgehead atoms. The Kier molecular flexibility index (Phi) is 15.8. The molecule has 2 aromatic rings. The SMILES string of the molecule is CCCCCCCCCCCCc1ccccc1OCCOC(=O)C(CC)C[N+](C)(C)Cc1ccccc1. The van der Waals surface area contributed by atoms with Gasteiger partial charge in [0.2, 0.25) is 0 Å². The van der Waals surface area contributed by atoms with E-state index in [0.29, 0.717) is 6.61 Å². The normalized spacial score (nSPS) is 12.3. The van der Waals surface area contributed by atoms with E-state index in [1.807, 2.05) is 18.2 Å². The fourth-order valence-corrected chi connectivity index (χ4v) is 5.17. The first kappa shape index (κ1) is 31.9. The Labute approximate surface area is 233 Å². The maximum atomic E-state index is 12.8. The van der Waals surface area contributed by atoms with Crippen LogP contribution in [0.5, 0.6) is 5.75 Å². The van der Waals surface area contributed by atoms with Crippen molar-refractivity contribution in [2.75, 3.05) is 33.9 Å². The van der Waals surface area contributed by atoms with Gasteiger partial charge in [0.05, 0.1) is 20.6 Å². The van der Waals surface area contributed by atoms with Gasteiger partial charge in [-0.1, -0.05) is 120 Å². The number of carbonyl (C=O) groups excluding carboxylic acids is 1. The van der Waals surface area contributed by atoms with Crippen molar-refractivity contribution in [1.82, 2.24) is 0 Å². The van der Waals surface area contributed by atoms with Crippen LogP contribution in [0.2, 0.25) is 0 Å². The van der Waals surface area contributed by atoms with Gasteiger partial charge in [-0.3, -0.25) is 4.79 Å². The van der Waals surface area contributed by atoms with Crippen molar-refractivity contribution >= 4 is 5.97 Å². The average molecular weight is 525 g/mol. The zero-order valence-electron chi connectivity index (χ0n) is 24.8. The predicted octanol–water partition coefficient (Wildman–Crippen LogP) is 8.37. The van der Waals surface area contributed by atoms with Crippen molar-refractivity contribution in [3.63, 3.8) is 0 Å². The Balaban J connectivity index is 1.66. The molecule has 2 rings (SSSR count). The molecule has 212 valence electrons. The second-order valence-corrected chi connectivity index (χ2v) is 11.4. The topological polar surface area (TPSA) is 35.5 Å². The molecule has 4 nitrogen and oxygen atoms in total. The Hall–Kier alpha value is -2.33. The molecule has 1 atom stereocenters. The molecule has 0 heterocycles. The molecule has 0 spiro atoms. The summed E-state index contributed by atoms with van der Waals surface area (Å²) in [4.78, 5) is 12.8. The molecule has 0 aromatic heterocycles. The molecule has 1 unspecified atom stereocenters. The lowest BCUT2D eigenvalue weighted by Gasteiger charge is -2.32. The van der Waals surface area contributed by atoms with E-state index in [-0.39, 0.29) is 18.5 Å². The Morgan fingerprint density at radius 2 is 1.37 bits per heavy atom. The minimum Gasteiger partial charge on any atom is -0.490 e. The van der Waals surface area contributed by atoms with Crippen LogP contribution in [0.25, 0.3) is 0 Å². The van der Waals surface area contributed by atoms with E-state index >= 15 is 0 Å². The number of unbranched alkanes of at least 4 members (excludes halogenated alkanes) is 9. The van der Waals surface area contributed by atoms with Gasteiger partial charge in [0, 0.05) is 5.56 Å². The largest absolute Gasteiger partial charge is 0.490 e. The van der Waals surface area contributed by atoms with Crippen molar-refractivity contribution in [2.45, 2.75) is 97.4 Å². The standard InChI is InChI=1S/C34H54NO3/c1-5-7-8-9-10-11-12-13-14-18-23-32-24-19-20-25-33(32)37-26-27-38-34(36)31(6-2)29-35(3,4)28-30-21-16-15-17-22-30/h15-17,19-22,24-25,31H,5-14,18,23,26-29H2,1-4H3/q+1. The highest BCUT2D eigenvalue weighted by molar-refractivity contribution is 5.72. The fraction of sp³-hybridized carbons (Fsp3) is 0.618. The minimum atomic E-state index is -0.117. The number of benzene rings is 2. The summed E-state index contributed by atoms with van der Waals surface area (Å²) in [6.07, 6.45) is 15.3. The summed E-state index contributed by atoms with van der Waals surface area (Å²) in [5.74, 6) is 0.693. The Bertz CT molecular complexity index is 880. The Morgan fingerprint density at radius 3 is 2.03 bits per heavy atom. The second kappa shape index (κ2) is 18.8. The maximum absolute atomic E-state index is 12.8. The van der Waals surface area contributed by atoms with Crippen molar-refractivity contribution < 1.29 is 18.8 Å². The van der Waals surface area contributed by atoms with E-state index in [2.05, 4.69) is 64.3 Å². The quantitative estimate of drug-likeness (QED) is 0.0934. The molecule has 0 aliphatic rings. The zero-order valence-corrected chi connectivity index (χ0v) is 24.8. The highest BCUT2D eigenvalue weighted by atomic mass is 16.6. The molecule has 0 amide bonds. The zero-order chi connectivity index (χ0) is 27.5. The van der Waals surface area contributed by atoms with E-state index in [9.17, 15) is 4.79 Å². The molecule has 0 aliphatic heterocycles. The molecule has 0 saturated heterocycles. The number of para-hydroxylation sites is 1. The molecule has 0 aliphatic carbocycles. The molecule has 0 radical (unpaired) electrons. The first-order valence-electron chi connectivity index (χ1n) is 15.2. The lowest BCUT2D eigenvalue weighted by Crippen LogP contribution is -2.44. The molecular formula is C34H54NO3+. The van der Waals surface area contributed by atoms with E-state index in [4.69, 9.17) is 9.47 Å². The monoisotopic (exact) mass is 524 g/mol. The van der Waals surface area contributed by atoms with Crippen LogP contribution in [0.1, 0.15) is 95.6 Å². The molecular weight excluding hydrogens is 470 g/mol. The summed E-state index contributed by atoms with van der Waals surface area (Å²) in [5.41, 5.74) is 2.54. The lowest BCUT2D eigenvalue weighted by molar-refractivity contribution is -0.906. The van der Waals surface area contributed by atoms with Crippen molar-refractivity contribution in [1.29, 1.82) is 0 Å². The first-order valence-corrected chi connectivity index (χ1v) is 15.2. The number of carbonyl (C=O) groups is 1. The smallest absolute Gasteiger partial charge is 0.314 e. The highest BCUT2D eigenvalue weighted by Crippen LogP contribution is 2.21. The summed E-state index contributed by atoms with van der Waals surface area (Å²) in [6.45, 7) is 6.66. The number of hydrogen-bond donors (Lipinski definition) is 0. The summed E-state index contributed by atoms with van der Waals surface area (Å²) in [5, 5.41) is 0. The van der Waals surface area contributed by atoms with Crippen LogP contribution in [-0.4, -0.2) is 44.3 Å². The molecule has 38 heavy (non-hydrogen) atoms. The van der Waals surface area contributed by atoms with Gasteiger partial charge in [-0.15, -0.1) is 0 Å². The number of nitrogens with zero attached hydrogens (tertiary/aromatic N) is 1. The van der Waals surface area contributed by atoms with Crippen LogP contribution in [0.4, 0.5) is 0 Å². The van der Waals surface area contributed by atoms with Gasteiger partial charge in [-0.05, 0) is 30.9 Å². The van der Waals surface area contributed by atoms with Gasteiger partial charge in [0.1, 0.15) is 31.4 Å². The molecule has 0 fully saturated rings. The van der Waals surface area contributed by atoms with E-state index in [1.54, 1.807) is 0 Å². The predicted molar refractivity (Wildman–Crippen MR) is 159 cm³/mol. The third-order valence-corrected chi connectivity index (χ3v) is 7.35. The third-order valence-electron chi connectivity index (χ3n) is 7.35. The van der Waals surface area contributed by atoms with E-state index < -0.39 is 0 Å². The Morgan fingerprint density at radius 1 is 0.763 bits per heavy atom. The highest BCUT2D eigenvalue weighted by Gasteiger charge is 2.28.